The van der Waals surface area contributed by atoms with Crippen molar-refractivity contribution in [3.05, 3.63) is 111 Å². The minimum absolute atomic E-state index is 0.0454. The lowest BCUT2D eigenvalue weighted by molar-refractivity contribution is -0.384. The highest BCUT2D eigenvalue weighted by atomic mass is 32.2. The number of rotatable bonds is 7. The van der Waals surface area contributed by atoms with Gasteiger partial charge in [-0.1, -0.05) is 48.5 Å². The predicted molar refractivity (Wildman–Crippen MR) is 129 cm³/mol. The van der Waals surface area contributed by atoms with Crippen molar-refractivity contribution in [2.45, 2.75) is 6.54 Å². The Morgan fingerprint density at radius 1 is 1.06 bits per heavy atom. The van der Waals surface area contributed by atoms with Crippen LogP contribution >= 0.6 is 11.8 Å². The number of allylic oxidation sites excluding steroid dienone is 1. The molecule has 1 amide bonds. The monoisotopic (exact) mass is 458 g/mol. The van der Waals surface area contributed by atoms with Crippen LogP contribution < -0.4 is 0 Å². The number of furan rings is 1. The maximum Gasteiger partial charge on any atom is 0.270 e. The van der Waals surface area contributed by atoms with Crippen molar-refractivity contribution in [3.63, 3.8) is 0 Å². The normalized spacial score (nSPS) is 16.6. The first-order valence-electron chi connectivity index (χ1n) is 9.91. The third kappa shape index (κ3) is 5.72. The third-order valence-electron chi connectivity index (χ3n) is 4.55. The number of amidine groups is 1. The zero-order valence-corrected chi connectivity index (χ0v) is 18.1. The minimum atomic E-state index is -0.473. The van der Waals surface area contributed by atoms with Crippen LogP contribution in [0.15, 0.2) is 98.6 Å². The Morgan fingerprint density at radius 3 is 2.64 bits per heavy atom. The van der Waals surface area contributed by atoms with Crippen LogP contribution in [0.2, 0.25) is 0 Å². The molecule has 1 saturated heterocycles. The van der Waals surface area contributed by atoms with Gasteiger partial charge in [0.25, 0.3) is 11.6 Å². The number of benzene rings is 2. The Bertz CT molecular complexity index is 1260. The van der Waals surface area contributed by atoms with Gasteiger partial charge in [0.05, 0.1) is 22.6 Å². The van der Waals surface area contributed by atoms with Crippen LogP contribution in [0.4, 0.5) is 5.69 Å². The van der Waals surface area contributed by atoms with E-state index in [0.717, 1.165) is 17.3 Å². The van der Waals surface area contributed by atoms with Crippen LogP contribution in [0.5, 0.6) is 0 Å². The molecule has 2 heterocycles. The van der Waals surface area contributed by atoms with E-state index in [1.807, 2.05) is 36.4 Å². The maximum atomic E-state index is 13.1. The van der Waals surface area contributed by atoms with Crippen LogP contribution in [0.25, 0.3) is 12.2 Å². The van der Waals surface area contributed by atoms with Crippen molar-refractivity contribution < 1.29 is 14.1 Å². The number of hydrogen-bond donors (Lipinski definition) is 0. The van der Waals surface area contributed by atoms with Gasteiger partial charge in [-0.3, -0.25) is 19.8 Å². The van der Waals surface area contributed by atoms with Gasteiger partial charge in [-0.05, 0) is 47.2 Å². The van der Waals surface area contributed by atoms with Crippen molar-refractivity contribution in [1.82, 2.24) is 4.90 Å². The molecule has 0 N–H and O–H groups in total. The first kappa shape index (κ1) is 22.0. The molecule has 3 aromatic rings. The molecule has 9 heteroatoms. The van der Waals surface area contributed by atoms with Gasteiger partial charge in [0.1, 0.15) is 5.76 Å². The molecule has 8 nitrogen and oxygen atoms in total. The van der Waals surface area contributed by atoms with Gasteiger partial charge in [-0.25, -0.2) is 0 Å². The molecule has 0 unspecified atom stereocenters. The zero-order valence-electron chi connectivity index (χ0n) is 17.3. The minimum Gasteiger partial charge on any atom is -0.467 e. The second-order valence-electron chi connectivity index (χ2n) is 6.85. The van der Waals surface area contributed by atoms with Crippen molar-refractivity contribution >= 4 is 46.9 Å². The largest absolute Gasteiger partial charge is 0.467 e. The number of hydrogen-bond acceptors (Lipinski definition) is 7. The van der Waals surface area contributed by atoms with E-state index in [1.165, 1.54) is 23.3 Å². The Hall–Kier alpha value is -4.24. The maximum absolute atomic E-state index is 13.1. The summed E-state index contributed by atoms with van der Waals surface area (Å²) in [6.07, 6.45) is 8.34. The van der Waals surface area contributed by atoms with E-state index in [0.29, 0.717) is 21.4 Å². The van der Waals surface area contributed by atoms with E-state index in [-0.39, 0.29) is 18.1 Å². The molecule has 164 valence electrons. The average Bonchev–Trinajstić information content (AvgIpc) is 3.44. The molecule has 2 aromatic carbocycles. The van der Waals surface area contributed by atoms with Crippen molar-refractivity contribution in [2.75, 3.05) is 0 Å². The Kier molecular flexibility index (Phi) is 6.91. The topological polar surface area (TPSA) is 101 Å². The first-order chi connectivity index (χ1) is 16.1. The number of amides is 1. The van der Waals surface area contributed by atoms with Crippen LogP contribution in [-0.4, -0.2) is 27.1 Å². The lowest BCUT2D eigenvalue weighted by atomic mass is 10.2. The van der Waals surface area contributed by atoms with E-state index in [9.17, 15) is 14.9 Å². The van der Waals surface area contributed by atoms with Gasteiger partial charge in [-0.2, -0.15) is 5.10 Å². The fourth-order valence-corrected chi connectivity index (χ4v) is 3.93. The Labute approximate surface area is 193 Å². The summed E-state index contributed by atoms with van der Waals surface area (Å²) in [6.45, 7) is 0.194. The van der Waals surface area contributed by atoms with E-state index in [2.05, 4.69) is 10.2 Å². The van der Waals surface area contributed by atoms with E-state index < -0.39 is 4.92 Å². The Balaban J connectivity index is 1.57. The second kappa shape index (κ2) is 10.4. The molecule has 4 rings (SSSR count). The number of carbonyl (C=O) groups excluding carboxylic acids is 1. The standard InChI is InChI=1S/C24H18N4O4S/c29-23-22(16-19-9-4-11-20(15-19)28(30)31)33-24(27(23)17-21-12-6-14-32-21)26-25-13-5-10-18-7-2-1-3-8-18/h1-16H,17H2/b10-5+,22-16-,25-13+,26-24-. The smallest absolute Gasteiger partial charge is 0.270 e. The van der Waals surface area contributed by atoms with Gasteiger partial charge >= 0.3 is 0 Å². The van der Waals surface area contributed by atoms with E-state index in [4.69, 9.17) is 4.42 Å². The molecule has 0 aliphatic carbocycles. The molecule has 1 aromatic heterocycles. The number of non-ortho nitro benzene ring substituents is 1. The van der Waals surface area contributed by atoms with Crippen LogP contribution in [0.1, 0.15) is 16.9 Å². The summed E-state index contributed by atoms with van der Waals surface area (Å²) in [5, 5.41) is 19.7. The molecule has 0 bridgehead atoms. The molecule has 1 fully saturated rings. The van der Waals surface area contributed by atoms with Crippen LogP contribution in [-0.2, 0) is 11.3 Å². The van der Waals surface area contributed by atoms with E-state index >= 15 is 0 Å². The van der Waals surface area contributed by atoms with Crippen LogP contribution in [0.3, 0.4) is 0 Å². The summed E-state index contributed by atoms with van der Waals surface area (Å²) in [4.78, 5) is 25.5. The van der Waals surface area contributed by atoms with Gasteiger partial charge in [-0.15, -0.1) is 5.10 Å². The molecular weight excluding hydrogens is 440 g/mol. The van der Waals surface area contributed by atoms with Gasteiger partial charge in [0, 0.05) is 18.3 Å². The highest BCUT2D eigenvalue weighted by molar-refractivity contribution is 8.18. The number of carbonyl (C=O) groups is 1. The summed E-state index contributed by atoms with van der Waals surface area (Å²) >= 11 is 1.15. The molecule has 0 radical (unpaired) electrons. The molecule has 0 spiro atoms. The van der Waals surface area contributed by atoms with Crippen molar-refractivity contribution in [3.8, 4) is 0 Å². The molecule has 33 heavy (non-hydrogen) atoms. The lowest BCUT2D eigenvalue weighted by Crippen LogP contribution is -2.28. The summed E-state index contributed by atoms with van der Waals surface area (Å²) in [6, 6.07) is 19.4. The zero-order chi connectivity index (χ0) is 23.0. The molecule has 0 atom stereocenters. The fourth-order valence-electron chi connectivity index (χ4n) is 3.00. The number of thioether (sulfide) groups is 1. The van der Waals surface area contributed by atoms with E-state index in [1.54, 1.807) is 42.6 Å². The molecular formula is C24H18N4O4S. The SMILES string of the molecule is O=C1/C(=C/c2cccc([N+](=O)[O-])c2)S\C(=N/N=C/C=C/c2ccccc2)N1Cc1ccco1. The highest BCUT2D eigenvalue weighted by Gasteiger charge is 2.34. The Morgan fingerprint density at radius 2 is 1.88 bits per heavy atom. The number of nitro benzene ring substituents is 1. The van der Waals surface area contributed by atoms with Gasteiger partial charge in [0.2, 0.25) is 0 Å². The van der Waals surface area contributed by atoms with Gasteiger partial charge < -0.3 is 4.42 Å². The number of nitro groups is 1. The highest BCUT2D eigenvalue weighted by Crippen LogP contribution is 2.34. The second-order valence-corrected chi connectivity index (χ2v) is 7.86. The summed E-state index contributed by atoms with van der Waals surface area (Å²) in [7, 11) is 0. The molecule has 1 aliphatic heterocycles. The number of nitrogens with zero attached hydrogens (tertiary/aromatic N) is 4. The summed E-state index contributed by atoms with van der Waals surface area (Å²) in [5.41, 5.74) is 1.54. The molecule has 1 aliphatic rings. The first-order valence-corrected chi connectivity index (χ1v) is 10.7. The average molecular weight is 458 g/mol. The fraction of sp³-hybridized carbons (Fsp3) is 0.0417. The summed E-state index contributed by atoms with van der Waals surface area (Å²) < 4.78 is 5.38. The van der Waals surface area contributed by atoms with Crippen molar-refractivity contribution in [2.24, 2.45) is 10.2 Å². The van der Waals surface area contributed by atoms with Crippen molar-refractivity contribution in [1.29, 1.82) is 0 Å². The predicted octanol–water partition coefficient (Wildman–Crippen LogP) is 5.36. The molecule has 0 saturated carbocycles. The van der Waals surface area contributed by atoms with Crippen LogP contribution in [0, 0.1) is 10.1 Å². The summed E-state index contributed by atoms with van der Waals surface area (Å²) in [5.74, 6) is 0.317. The lowest BCUT2D eigenvalue weighted by Gasteiger charge is -2.12. The quantitative estimate of drug-likeness (QED) is 0.205. The third-order valence-corrected chi connectivity index (χ3v) is 5.54. The van der Waals surface area contributed by atoms with Gasteiger partial charge in [0.15, 0.2) is 5.17 Å².